The van der Waals surface area contributed by atoms with Crippen molar-refractivity contribution in [2.24, 2.45) is 11.8 Å². The fourth-order valence-electron chi connectivity index (χ4n) is 3.59. The zero-order chi connectivity index (χ0) is 19.1. The minimum Gasteiger partial charge on any atom is -0.395 e. The molecule has 1 saturated carbocycles. The van der Waals surface area contributed by atoms with Crippen LogP contribution in [0.1, 0.15) is 51.9 Å². The van der Waals surface area contributed by atoms with E-state index in [2.05, 4.69) is 6.58 Å². The molecule has 2 fully saturated rings. The van der Waals surface area contributed by atoms with Crippen molar-refractivity contribution in [1.29, 1.82) is 0 Å². The van der Waals surface area contributed by atoms with Gasteiger partial charge in [0.2, 0.25) is 0 Å². The third-order valence-electron chi connectivity index (χ3n) is 5.27. The fraction of sp³-hybridized carbons (Fsp3) is 0.778. The lowest BCUT2D eigenvalue weighted by Crippen LogP contribution is -2.29. The Kier molecular flexibility index (Phi) is 7.93. The van der Waals surface area contributed by atoms with E-state index in [-0.39, 0.29) is 17.2 Å². The average molecular weight is 384 g/mol. The quantitative estimate of drug-likeness (QED) is 0.197. The second-order valence-corrected chi connectivity index (χ2v) is 8.33. The zero-order valence-electron chi connectivity index (χ0n) is 15.4. The molecular formula is C18H28N2O5S. The van der Waals surface area contributed by atoms with Gasteiger partial charge in [0, 0.05) is 24.4 Å². The van der Waals surface area contributed by atoms with Crippen LogP contribution < -0.4 is 0 Å². The SMILES string of the molecule is C=C(C)C(=O)OC(CCC1CCC(CCN2CCSC2=O)CC1)[N+](=O)[O-]. The lowest BCUT2D eigenvalue weighted by atomic mass is 9.78. The highest BCUT2D eigenvalue weighted by Crippen LogP contribution is 2.34. The Labute approximate surface area is 158 Å². The second-order valence-electron chi connectivity index (χ2n) is 7.28. The van der Waals surface area contributed by atoms with Gasteiger partial charge in [0.15, 0.2) is 0 Å². The van der Waals surface area contributed by atoms with Gasteiger partial charge in [-0.05, 0) is 31.6 Å². The number of ether oxygens (including phenoxy) is 1. The Morgan fingerprint density at radius 2 is 1.96 bits per heavy atom. The summed E-state index contributed by atoms with van der Waals surface area (Å²) in [6, 6.07) is 0. The Balaban J connectivity index is 1.67. The van der Waals surface area contributed by atoms with Crippen LogP contribution in [0.15, 0.2) is 12.2 Å². The van der Waals surface area contributed by atoms with Crippen molar-refractivity contribution in [2.75, 3.05) is 18.8 Å². The molecule has 0 aromatic heterocycles. The summed E-state index contributed by atoms with van der Waals surface area (Å²) in [4.78, 5) is 35.6. The molecule has 8 heteroatoms. The molecule has 1 heterocycles. The maximum atomic E-state index is 11.6. The summed E-state index contributed by atoms with van der Waals surface area (Å²) < 4.78 is 4.91. The van der Waals surface area contributed by atoms with Crippen molar-refractivity contribution in [3.05, 3.63) is 22.3 Å². The van der Waals surface area contributed by atoms with E-state index in [0.717, 1.165) is 50.9 Å². The Hall–Kier alpha value is -1.57. The molecule has 1 amide bonds. The van der Waals surface area contributed by atoms with Crippen LogP contribution in [0.2, 0.25) is 0 Å². The number of esters is 1. The van der Waals surface area contributed by atoms with E-state index >= 15 is 0 Å². The minimum absolute atomic E-state index is 0.173. The smallest absolute Gasteiger partial charge is 0.356 e. The van der Waals surface area contributed by atoms with E-state index in [9.17, 15) is 19.7 Å². The van der Waals surface area contributed by atoms with E-state index < -0.39 is 17.1 Å². The summed E-state index contributed by atoms with van der Waals surface area (Å²) in [6.45, 7) is 6.65. The molecule has 1 unspecified atom stereocenters. The zero-order valence-corrected chi connectivity index (χ0v) is 16.2. The number of nitrogens with zero attached hydrogens (tertiary/aromatic N) is 2. The summed E-state index contributed by atoms with van der Waals surface area (Å²) >= 11 is 1.40. The molecule has 1 aliphatic heterocycles. The van der Waals surface area contributed by atoms with E-state index in [0.29, 0.717) is 18.3 Å². The largest absolute Gasteiger partial charge is 0.395 e. The van der Waals surface area contributed by atoms with E-state index in [1.54, 1.807) is 0 Å². The van der Waals surface area contributed by atoms with Crippen LogP contribution in [0.4, 0.5) is 4.79 Å². The Morgan fingerprint density at radius 1 is 1.35 bits per heavy atom. The van der Waals surface area contributed by atoms with E-state index in [1.165, 1.54) is 18.7 Å². The summed E-state index contributed by atoms with van der Waals surface area (Å²) in [5, 5.41) is 11.3. The minimum atomic E-state index is -1.28. The predicted octanol–water partition coefficient (Wildman–Crippen LogP) is 3.85. The van der Waals surface area contributed by atoms with Crippen LogP contribution in [0.5, 0.6) is 0 Å². The van der Waals surface area contributed by atoms with Gasteiger partial charge in [0.25, 0.3) is 5.24 Å². The first kappa shape index (κ1) is 20.7. The topological polar surface area (TPSA) is 89.8 Å². The van der Waals surface area contributed by atoms with Gasteiger partial charge in [0.1, 0.15) is 0 Å². The van der Waals surface area contributed by atoms with Crippen molar-refractivity contribution < 1.29 is 19.2 Å². The Bertz CT molecular complexity index is 546. The highest BCUT2D eigenvalue weighted by atomic mass is 32.2. The molecule has 1 atom stereocenters. The van der Waals surface area contributed by atoms with Crippen LogP contribution in [-0.2, 0) is 9.53 Å². The fourth-order valence-corrected chi connectivity index (χ4v) is 4.44. The number of hydrogen-bond donors (Lipinski definition) is 0. The number of hydrogen-bond acceptors (Lipinski definition) is 6. The molecule has 1 saturated heterocycles. The van der Waals surface area contributed by atoms with Crippen LogP contribution >= 0.6 is 11.8 Å². The third-order valence-corrected chi connectivity index (χ3v) is 6.16. The molecule has 2 aliphatic rings. The first-order chi connectivity index (χ1) is 12.4. The van der Waals surface area contributed by atoms with Crippen molar-refractivity contribution in [1.82, 2.24) is 4.90 Å². The van der Waals surface area contributed by atoms with Gasteiger partial charge in [0.05, 0.1) is 11.3 Å². The number of thioether (sulfide) groups is 1. The molecule has 0 spiro atoms. The molecule has 2 rings (SSSR count). The number of rotatable bonds is 9. The molecule has 0 aromatic rings. The van der Waals surface area contributed by atoms with E-state index in [4.69, 9.17) is 4.74 Å². The van der Waals surface area contributed by atoms with Gasteiger partial charge < -0.3 is 9.64 Å². The van der Waals surface area contributed by atoms with Gasteiger partial charge in [-0.1, -0.05) is 44.0 Å². The lowest BCUT2D eigenvalue weighted by Gasteiger charge is -2.29. The summed E-state index contributed by atoms with van der Waals surface area (Å²) in [6.07, 6.45) is 5.02. The van der Waals surface area contributed by atoms with Crippen molar-refractivity contribution in [3.8, 4) is 0 Å². The van der Waals surface area contributed by atoms with Crippen LogP contribution in [0.25, 0.3) is 0 Å². The summed E-state index contributed by atoms with van der Waals surface area (Å²) in [5.74, 6) is 1.28. The lowest BCUT2D eigenvalue weighted by molar-refractivity contribution is -0.569. The van der Waals surface area contributed by atoms with Gasteiger partial charge in [-0.25, -0.2) is 4.79 Å². The third kappa shape index (κ3) is 6.30. The van der Waals surface area contributed by atoms with Gasteiger partial charge in [-0.15, -0.1) is 0 Å². The second kappa shape index (κ2) is 9.94. The molecule has 146 valence electrons. The van der Waals surface area contributed by atoms with E-state index in [1.807, 2.05) is 4.90 Å². The maximum absolute atomic E-state index is 11.6. The summed E-state index contributed by atoms with van der Waals surface area (Å²) in [7, 11) is 0. The molecule has 7 nitrogen and oxygen atoms in total. The molecule has 1 aliphatic carbocycles. The summed E-state index contributed by atoms with van der Waals surface area (Å²) in [5.41, 5.74) is 0.173. The molecule has 0 bridgehead atoms. The van der Waals surface area contributed by atoms with Crippen LogP contribution in [0, 0.1) is 22.0 Å². The maximum Gasteiger partial charge on any atom is 0.356 e. The van der Waals surface area contributed by atoms with Crippen molar-refractivity contribution >= 4 is 23.0 Å². The first-order valence-corrected chi connectivity index (χ1v) is 10.3. The molecule has 0 radical (unpaired) electrons. The van der Waals surface area contributed by atoms with Crippen molar-refractivity contribution in [2.45, 2.75) is 58.1 Å². The molecule has 26 heavy (non-hydrogen) atoms. The number of carbonyl (C=O) groups excluding carboxylic acids is 2. The normalized spacial score (nSPS) is 24.3. The Morgan fingerprint density at radius 3 is 2.46 bits per heavy atom. The number of carbonyl (C=O) groups is 2. The van der Waals surface area contributed by atoms with Crippen LogP contribution in [-0.4, -0.2) is 46.1 Å². The number of amides is 1. The predicted molar refractivity (Wildman–Crippen MR) is 100 cm³/mol. The highest BCUT2D eigenvalue weighted by Gasteiger charge is 2.29. The molecule has 0 aromatic carbocycles. The van der Waals surface area contributed by atoms with Crippen LogP contribution in [0.3, 0.4) is 0 Å². The molecule has 0 N–H and O–H groups in total. The standard InChI is InChI=1S/C18H28N2O5S/c1-13(2)17(21)25-16(20(23)24)8-7-14-3-5-15(6-4-14)9-10-19-11-12-26-18(19)22/h14-16H,1,3-12H2,2H3. The van der Waals surface area contributed by atoms with Crippen molar-refractivity contribution in [3.63, 3.8) is 0 Å². The monoisotopic (exact) mass is 384 g/mol. The van der Waals surface area contributed by atoms with Gasteiger partial charge >= 0.3 is 12.2 Å². The van der Waals surface area contributed by atoms with Gasteiger partial charge in [-0.2, -0.15) is 0 Å². The first-order valence-electron chi connectivity index (χ1n) is 9.28. The molecular weight excluding hydrogens is 356 g/mol. The highest BCUT2D eigenvalue weighted by molar-refractivity contribution is 8.13. The van der Waals surface area contributed by atoms with Gasteiger partial charge in [-0.3, -0.25) is 14.9 Å². The number of nitro groups is 1. The average Bonchev–Trinajstić information content (AvgIpc) is 3.02.